The minimum absolute atomic E-state index is 0.107. The summed E-state index contributed by atoms with van der Waals surface area (Å²) in [6.07, 6.45) is 2.50. The molecule has 8 heteroatoms. The van der Waals surface area contributed by atoms with Crippen LogP contribution in [0.1, 0.15) is 19.0 Å². The summed E-state index contributed by atoms with van der Waals surface area (Å²) in [5.41, 5.74) is -0.0611. The number of thioether (sulfide) groups is 1. The van der Waals surface area contributed by atoms with Gasteiger partial charge in [0, 0.05) is 19.8 Å². The molecular formula is C13H19N3O4S. The van der Waals surface area contributed by atoms with Gasteiger partial charge >= 0.3 is 11.7 Å². The molecule has 0 atom stereocenters. The third kappa shape index (κ3) is 4.01. The maximum absolute atomic E-state index is 12.2. The summed E-state index contributed by atoms with van der Waals surface area (Å²) in [4.78, 5) is 34.6. The minimum atomic E-state index is -0.936. The van der Waals surface area contributed by atoms with Crippen LogP contribution in [0.5, 0.6) is 0 Å². The van der Waals surface area contributed by atoms with Crippen LogP contribution >= 0.6 is 11.8 Å². The third-order valence-electron chi connectivity index (χ3n) is 2.95. The quantitative estimate of drug-likeness (QED) is 0.809. The SMILES string of the molecule is CC/C=C(\Nc1c(C)n(C)c(=O)n(C)c1=O)SCC(=O)O. The number of carboxylic acids is 1. The molecule has 0 aliphatic heterocycles. The van der Waals surface area contributed by atoms with E-state index in [4.69, 9.17) is 5.11 Å². The number of nitrogens with one attached hydrogen (secondary N) is 1. The molecule has 1 rings (SSSR count). The van der Waals surface area contributed by atoms with Crippen LogP contribution in [-0.2, 0) is 18.9 Å². The number of hydrogen-bond donors (Lipinski definition) is 2. The Morgan fingerprint density at radius 1 is 1.33 bits per heavy atom. The number of carbonyl (C=O) groups is 1. The lowest BCUT2D eigenvalue weighted by atomic mass is 10.3. The minimum Gasteiger partial charge on any atom is -0.481 e. The zero-order valence-corrected chi connectivity index (χ0v) is 13.3. The van der Waals surface area contributed by atoms with Crippen molar-refractivity contribution in [1.82, 2.24) is 9.13 Å². The molecule has 1 aromatic heterocycles. The Morgan fingerprint density at radius 3 is 2.48 bits per heavy atom. The molecule has 0 aliphatic carbocycles. The molecule has 7 nitrogen and oxygen atoms in total. The van der Waals surface area contributed by atoms with Gasteiger partial charge in [-0.1, -0.05) is 24.8 Å². The monoisotopic (exact) mass is 313 g/mol. The molecule has 0 amide bonds. The summed E-state index contributed by atoms with van der Waals surface area (Å²) in [5, 5.41) is 12.3. The smallest absolute Gasteiger partial charge is 0.330 e. The van der Waals surface area contributed by atoms with Crippen molar-refractivity contribution in [2.75, 3.05) is 11.1 Å². The average molecular weight is 313 g/mol. The number of allylic oxidation sites excluding steroid dienone is 1. The predicted octanol–water partition coefficient (Wildman–Crippen LogP) is 0.874. The average Bonchev–Trinajstić information content (AvgIpc) is 2.44. The molecular weight excluding hydrogens is 294 g/mol. The lowest BCUT2D eigenvalue weighted by Crippen LogP contribution is -2.39. The van der Waals surface area contributed by atoms with Gasteiger partial charge in [0.2, 0.25) is 0 Å². The highest BCUT2D eigenvalue weighted by atomic mass is 32.2. The Bertz CT molecular complexity index is 688. The Morgan fingerprint density at radius 2 is 1.95 bits per heavy atom. The van der Waals surface area contributed by atoms with Crippen molar-refractivity contribution >= 4 is 23.4 Å². The number of anilines is 1. The van der Waals surface area contributed by atoms with Crippen LogP contribution in [0.4, 0.5) is 5.69 Å². The van der Waals surface area contributed by atoms with Crippen LogP contribution in [-0.4, -0.2) is 26.0 Å². The topological polar surface area (TPSA) is 93.3 Å². The molecule has 0 saturated carbocycles. The molecule has 0 fully saturated rings. The molecule has 0 radical (unpaired) electrons. The maximum atomic E-state index is 12.2. The van der Waals surface area contributed by atoms with Crippen LogP contribution in [0, 0.1) is 6.92 Å². The Hall–Kier alpha value is -1.96. The second kappa shape index (κ2) is 7.16. The summed E-state index contributed by atoms with van der Waals surface area (Å²) in [7, 11) is 2.98. The Kier molecular flexibility index (Phi) is 5.83. The fraction of sp³-hybridized carbons (Fsp3) is 0.462. The van der Waals surface area contributed by atoms with Gasteiger partial charge in [-0.3, -0.25) is 18.7 Å². The highest BCUT2D eigenvalue weighted by molar-refractivity contribution is 8.03. The summed E-state index contributed by atoms with van der Waals surface area (Å²) in [6, 6.07) is 0. The first-order valence-electron chi connectivity index (χ1n) is 6.38. The molecule has 0 bridgehead atoms. The van der Waals surface area contributed by atoms with E-state index in [0.717, 1.165) is 16.3 Å². The number of aromatic nitrogens is 2. The van der Waals surface area contributed by atoms with Crippen molar-refractivity contribution in [2.24, 2.45) is 14.1 Å². The highest BCUT2D eigenvalue weighted by Crippen LogP contribution is 2.19. The standard InChI is InChI=1S/C13H19N3O4S/c1-5-6-9(21-7-10(17)18)14-11-8(2)15(3)13(20)16(4)12(11)19/h6,14H,5,7H2,1-4H3,(H,17,18)/b9-6+. The summed E-state index contributed by atoms with van der Waals surface area (Å²) >= 11 is 1.10. The molecule has 21 heavy (non-hydrogen) atoms. The van der Waals surface area contributed by atoms with Gasteiger partial charge in [-0.05, 0) is 13.3 Å². The molecule has 0 unspecified atom stereocenters. The van der Waals surface area contributed by atoms with Gasteiger partial charge in [0.15, 0.2) is 0 Å². The lowest BCUT2D eigenvalue weighted by molar-refractivity contribution is -0.133. The van der Waals surface area contributed by atoms with E-state index < -0.39 is 17.2 Å². The Labute approximate surface area is 126 Å². The van der Waals surface area contributed by atoms with Gasteiger partial charge in [-0.2, -0.15) is 0 Å². The van der Waals surface area contributed by atoms with Crippen molar-refractivity contribution < 1.29 is 9.90 Å². The summed E-state index contributed by atoms with van der Waals surface area (Å²) in [6.45, 7) is 3.57. The van der Waals surface area contributed by atoms with E-state index in [1.807, 2.05) is 6.92 Å². The molecule has 0 spiro atoms. The van der Waals surface area contributed by atoms with Crippen molar-refractivity contribution in [3.8, 4) is 0 Å². The highest BCUT2D eigenvalue weighted by Gasteiger charge is 2.14. The van der Waals surface area contributed by atoms with Crippen molar-refractivity contribution in [1.29, 1.82) is 0 Å². The molecule has 1 heterocycles. The van der Waals surface area contributed by atoms with Gasteiger partial charge in [0.1, 0.15) is 5.69 Å². The van der Waals surface area contributed by atoms with Crippen LogP contribution in [0.3, 0.4) is 0 Å². The van der Waals surface area contributed by atoms with E-state index in [1.165, 1.54) is 11.6 Å². The third-order valence-corrected chi connectivity index (χ3v) is 3.92. The number of carboxylic acid groups (broad SMARTS) is 1. The molecule has 0 saturated heterocycles. The Balaban J connectivity index is 3.22. The predicted molar refractivity (Wildman–Crippen MR) is 83.8 cm³/mol. The van der Waals surface area contributed by atoms with E-state index in [1.54, 1.807) is 20.0 Å². The largest absolute Gasteiger partial charge is 0.481 e. The van der Waals surface area contributed by atoms with Gasteiger partial charge < -0.3 is 10.4 Å². The number of aliphatic carboxylic acids is 1. The molecule has 2 N–H and O–H groups in total. The second-order valence-corrected chi connectivity index (χ2v) is 5.47. The van der Waals surface area contributed by atoms with Crippen molar-refractivity contribution in [3.05, 3.63) is 37.6 Å². The first-order chi connectivity index (χ1) is 9.79. The summed E-state index contributed by atoms with van der Waals surface area (Å²) < 4.78 is 2.38. The van der Waals surface area contributed by atoms with E-state index in [-0.39, 0.29) is 11.4 Å². The van der Waals surface area contributed by atoms with E-state index in [0.29, 0.717) is 17.1 Å². The molecule has 0 aliphatic rings. The number of hydrogen-bond acceptors (Lipinski definition) is 5. The fourth-order valence-electron chi connectivity index (χ4n) is 1.68. The summed E-state index contributed by atoms with van der Waals surface area (Å²) in [5.74, 6) is -1.04. The first kappa shape index (κ1) is 17.1. The van der Waals surface area contributed by atoms with Gasteiger partial charge in [-0.15, -0.1) is 0 Å². The normalized spacial score (nSPS) is 11.5. The number of nitrogens with zero attached hydrogens (tertiary/aromatic N) is 2. The molecule has 1 aromatic rings. The van der Waals surface area contributed by atoms with Gasteiger partial charge in [0.25, 0.3) is 5.56 Å². The fourth-order valence-corrected chi connectivity index (χ4v) is 2.42. The van der Waals surface area contributed by atoms with E-state index in [9.17, 15) is 14.4 Å². The molecule has 0 aromatic carbocycles. The lowest BCUT2D eigenvalue weighted by Gasteiger charge is -2.15. The van der Waals surface area contributed by atoms with E-state index >= 15 is 0 Å². The van der Waals surface area contributed by atoms with Crippen molar-refractivity contribution in [3.63, 3.8) is 0 Å². The second-order valence-electron chi connectivity index (χ2n) is 4.45. The van der Waals surface area contributed by atoms with Gasteiger partial charge in [-0.25, -0.2) is 4.79 Å². The van der Waals surface area contributed by atoms with Gasteiger partial charge in [0.05, 0.1) is 10.8 Å². The van der Waals surface area contributed by atoms with Crippen LogP contribution in [0.15, 0.2) is 20.7 Å². The van der Waals surface area contributed by atoms with Crippen LogP contribution in [0.2, 0.25) is 0 Å². The number of rotatable bonds is 6. The first-order valence-corrected chi connectivity index (χ1v) is 7.36. The zero-order valence-electron chi connectivity index (χ0n) is 12.5. The van der Waals surface area contributed by atoms with Crippen molar-refractivity contribution in [2.45, 2.75) is 20.3 Å². The zero-order chi connectivity index (χ0) is 16.2. The maximum Gasteiger partial charge on any atom is 0.330 e. The molecule has 116 valence electrons. The van der Waals surface area contributed by atoms with Crippen LogP contribution in [0.25, 0.3) is 0 Å². The van der Waals surface area contributed by atoms with Crippen LogP contribution < -0.4 is 16.6 Å². The van der Waals surface area contributed by atoms with E-state index in [2.05, 4.69) is 5.32 Å².